The minimum Gasteiger partial charge on any atom is -0.462 e. The van der Waals surface area contributed by atoms with Crippen molar-refractivity contribution in [1.29, 1.82) is 0 Å². The van der Waals surface area contributed by atoms with Crippen molar-refractivity contribution in [3.63, 3.8) is 0 Å². The summed E-state index contributed by atoms with van der Waals surface area (Å²) < 4.78 is 4.58. The van der Waals surface area contributed by atoms with Crippen molar-refractivity contribution >= 4 is 5.97 Å². The molecule has 0 spiro atoms. The first-order valence-corrected chi connectivity index (χ1v) is 3.02. The number of rotatable bonds is 2. The normalized spacial score (nSPS) is 8.00. The number of ether oxygens (including phenoxy) is 1. The molecular weight excluding hydrogens is 140 g/mol. The van der Waals surface area contributed by atoms with Gasteiger partial charge in [-0.3, -0.25) is 4.79 Å². The van der Waals surface area contributed by atoms with Gasteiger partial charge in [0.2, 0.25) is 0 Å². The van der Waals surface area contributed by atoms with Crippen LogP contribution in [-0.4, -0.2) is 12.6 Å². The summed E-state index contributed by atoms with van der Waals surface area (Å²) in [5.41, 5.74) is 0. The van der Waals surface area contributed by atoms with E-state index in [1.165, 1.54) is 6.92 Å². The first kappa shape index (κ1) is 9.33. The van der Waals surface area contributed by atoms with Gasteiger partial charge in [-0.25, -0.2) is 0 Å². The molecule has 0 radical (unpaired) electrons. The Labute approximate surface area is 66.2 Å². The van der Waals surface area contributed by atoms with Gasteiger partial charge in [-0.2, -0.15) is 0 Å². The fourth-order valence-corrected chi connectivity index (χ4v) is 0.356. The zero-order chi connectivity index (χ0) is 8.53. The Balaban J connectivity index is 3.47. The van der Waals surface area contributed by atoms with E-state index in [0.717, 1.165) is 0 Å². The number of carbonyl (C=O) groups excluding carboxylic acids is 1. The van der Waals surface area contributed by atoms with Gasteiger partial charge in [0.05, 0.1) is 0 Å². The van der Waals surface area contributed by atoms with E-state index in [4.69, 9.17) is 6.42 Å². The molecule has 0 rings (SSSR count). The first-order valence-electron chi connectivity index (χ1n) is 3.02. The van der Waals surface area contributed by atoms with E-state index in [2.05, 4.69) is 22.5 Å². The Kier molecular flexibility index (Phi) is 5.47. The molecule has 0 aromatic heterocycles. The van der Waals surface area contributed by atoms with Gasteiger partial charge in [-0.15, -0.1) is 6.42 Å². The number of allylic oxidation sites excluding steroid dienone is 1. The van der Waals surface area contributed by atoms with E-state index < -0.39 is 0 Å². The third-order valence-corrected chi connectivity index (χ3v) is 0.728. The SMILES string of the molecule is C#CC#C/C=C/COC(C)=O. The second kappa shape index (κ2) is 6.45. The molecule has 0 saturated heterocycles. The van der Waals surface area contributed by atoms with Crippen molar-refractivity contribution in [1.82, 2.24) is 0 Å². The molecule has 0 atom stereocenters. The Bertz CT molecular complexity index is 245. The van der Waals surface area contributed by atoms with Crippen molar-refractivity contribution in [2.75, 3.05) is 6.61 Å². The van der Waals surface area contributed by atoms with Gasteiger partial charge in [0.1, 0.15) is 6.61 Å². The smallest absolute Gasteiger partial charge is 0.302 e. The molecule has 2 heteroatoms. The third-order valence-electron chi connectivity index (χ3n) is 0.728. The average Bonchev–Trinajstić information content (AvgIpc) is 1.96. The number of hydrogen-bond acceptors (Lipinski definition) is 2. The monoisotopic (exact) mass is 148 g/mol. The lowest BCUT2D eigenvalue weighted by Crippen LogP contribution is -1.96. The third kappa shape index (κ3) is 8.33. The summed E-state index contributed by atoms with van der Waals surface area (Å²) in [5.74, 6) is 6.78. The minimum atomic E-state index is -0.306. The minimum absolute atomic E-state index is 0.245. The lowest BCUT2D eigenvalue weighted by molar-refractivity contribution is -0.139. The number of carbonyl (C=O) groups is 1. The van der Waals surface area contributed by atoms with E-state index in [9.17, 15) is 4.79 Å². The molecule has 0 bridgehead atoms. The van der Waals surface area contributed by atoms with Crippen LogP contribution in [0.1, 0.15) is 6.92 Å². The molecule has 0 fully saturated rings. The highest BCUT2D eigenvalue weighted by molar-refractivity contribution is 5.66. The van der Waals surface area contributed by atoms with Crippen LogP contribution < -0.4 is 0 Å². The molecule has 0 saturated carbocycles. The van der Waals surface area contributed by atoms with Gasteiger partial charge >= 0.3 is 5.97 Å². The molecule has 0 amide bonds. The highest BCUT2D eigenvalue weighted by Crippen LogP contribution is 1.77. The topological polar surface area (TPSA) is 26.3 Å². The molecule has 0 N–H and O–H groups in total. The summed E-state index contributed by atoms with van der Waals surface area (Å²) in [6, 6.07) is 0. The predicted octanol–water partition coefficient (Wildman–Crippen LogP) is 0.742. The molecule has 0 unspecified atom stereocenters. The zero-order valence-electron chi connectivity index (χ0n) is 6.26. The molecular formula is C9H8O2. The maximum atomic E-state index is 10.2. The summed E-state index contributed by atoms with van der Waals surface area (Å²) in [6.07, 6.45) is 8.01. The Morgan fingerprint density at radius 2 is 2.45 bits per heavy atom. The first-order chi connectivity index (χ1) is 5.27. The molecule has 11 heavy (non-hydrogen) atoms. The van der Waals surface area contributed by atoms with Gasteiger partial charge in [0, 0.05) is 6.92 Å². The average molecular weight is 148 g/mol. The van der Waals surface area contributed by atoms with E-state index >= 15 is 0 Å². The fraction of sp³-hybridized carbons (Fsp3) is 0.222. The van der Waals surface area contributed by atoms with Crippen LogP contribution in [0.2, 0.25) is 0 Å². The number of esters is 1. The van der Waals surface area contributed by atoms with Crippen molar-refractivity contribution in [3.8, 4) is 24.2 Å². The fourth-order valence-electron chi connectivity index (χ4n) is 0.356. The molecule has 0 heterocycles. The van der Waals surface area contributed by atoms with Crippen molar-refractivity contribution in [2.45, 2.75) is 6.92 Å². The Hall–Kier alpha value is -1.67. The number of terminal acetylenes is 1. The van der Waals surface area contributed by atoms with Crippen LogP contribution in [0.3, 0.4) is 0 Å². The van der Waals surface area contributed by atoms with Gasteiger partial charge in [-0.05, 0) is 24.0 Å². The zero-order valence-corrected chi connectivity index (χ0v) is 6.26. The molecule has 0 aliphatic carbocycles. The summed E-state index contributed by atoms with van der Waals surface area (Å²) in [4.78, 5) is 10.2. The van der Waals surface area contributed by atoms with Gasteiger partial charge in [-0.1, -0.05) is 5.92 Å². The van der Waals surface area contributed by atoms with Crippen LogP contribution in [-0.2, 0) is 9.53 Å². The quantitative estimate of drug-likeness (QED) is 0.426. The summed E-state index contributed by atoms with van der Waals surface area (Å²) in [7, 11) is 0. The molecule has 0 aromatic carbocycles. The second-order valence-electron chi connectivity index (χ2n) is 1.62. The van der Waals surface area contributed by atoms with Gasteiger partial charge in [0.25, 0.3) is 0 Å². The van der Waals surface area contributed by atoms with E-state index in [-0.39, 0.29) is 12.6 Å². The van der Waals surface area contributed by atoms with E-state index in [1.807, 2.05) is 0 Å². The van der Waals surface area contributed by atoms with Crippen molar-refractivity contribution in [3.05, 3.63) is 12.2 Å². The summed E-state index contributed by atoms with van der Waals surface area (Å²) in [5, 5.41) is 0. The standard InChI is InChI=1S/C9H8O2/c1-3-4-5-6-7-8-11-9(2)10/h1,6-7H,8H2,2H3/b7-6+. The number of hydrogen-bond donors (Lipinski definition) is 0. The Morgan fingerprint density at radius 3 is 3.00 bits per heavy atom. The summed E-state index contributed by atoms with van der Waals surface area (Å²) >= 11 is 0. The lowest BCUT2D eigenvalue weighted by Gasteiger charge is -1.91. The van der Waals surface area contributed by atoms with E-state index in [0.29, 0.717) is 0 Å². The molecule has 56 valence electrons. The van der Waals surface area contributed by atoms with Crippen LogP contribution in [0.25, 0.3) is 0 Å². The van der Waals surface area contributed by atoms with Gasteiger partial charge in [0.15, 0.2) is 0 Å². The Morgan fingerprint density at radius 1 is 1.73 bits per heavy atom. The molecule has 0 aromatic rings. The van der Waals surface area contributed by atoms with Crippen molar-refractivity contribution in [2.24, 2.45) is 0 Å². The van der Waals surface area contributed by atoms with Crippen LogP contribution >= 0.6 is 0 Å². The predicted molar refractivity (Wildman–Crippen MR) is 42.4 cm³/mol. The van der Waals surface area contributed by atoms with Gasteiger partial charge < -0.3 is 4.74 Å². The largest absolute Gasteiger partial charge is 0.462 e. The second-order valence-corrected chi connectivity index (χ2v) is 1.62. The maximum absolute atomic E-state index is 10.2. The molecule has 2 nitrogen and oxygen atoms in total. The summed E-state index contributed by atoms with van der Waals surface area (Å²) in [6.45, 7) is 1.59. The highest BCUT2D eigenvalue weighted by Gasteiger charge is 1.84. The molecule has 0 aliphatic heterocycles. The lowest BCUT2D eigenvalue weighted by atomic mass is 10.5. The highest BCUT2D eigenvalue weighted by atomic mass is 16.5. The van der Waals surface area contributed by atoms with Crippen LogP contribution in [0.4, 0.5) is 0 Å². The van der Waals surface area contributed by atoms with Crippen LogP contribution in [0, 0.1) is 24.2 Å². The van der Waals surface area contributed by atoms with Crippen LogP contribution in [0.5, 0.6) is 0 Å². The van der Waals surface area contributed by atoms with Crippen LogP contribution in [0.15, 0.2) is 12.2 Å². The van der Waals surface area contributed by atoms with E-state index in [1.54, 1.807) is 12.2 Å². The molecule has 0 aliphatic rings. The maximum Gasteiger partial charge on any atom is 0.302 e. The van der Waals surface area contributed by atoms with Crippen molar-refractivity contribution < 1.29 is 9.53 Å².